The van der Waals surface area contributed by atoms with Crippen molar-refractivity contribution in [3.05, 3.63) is 0 Å². The molecule has 2 fully saturated rings. The standard InChI is InChI=1S/C16H32N2O/c1-16(2,8-9-19-4)12-18-14-6-5-7-15(18)11-13(10-14)17-3/h13-15,17H,5-12H2,1-4H3. The molecule has 2 heterocycles. The lowest BCUT2D eigenvalue weighted by molar-refractivity contribution is -0.00764. The predicted molar refractivity (Wildman–Crippen MR) is 80.5 cm³/mol. The molecule has 2 atom stereocenters. The molecule has 2 bridgehead atoms. The maximum atomic E-state index is 5.27. The Labute approximate surface area is 119 Å². The van der Waals surface area contributed by atoms with Gasteiger partial charge in [-0.1, -0.05) is 20.3 Å². The molecule has 2 aliphatic rings. The average Bonchev–Trinajstić information content (AvgIpc) is 2.35. The summed E-state index contributed by atoms with van der Waals surface area (Å²) < 4.78 is 5.27. The van der Waals surface area contributed by atoms with Crippen LogP contribution < -0.4 is 5.32 Å². The van der Waals surface area contributed by atoms with E-state index in [0.717, 1.165) is 31.2 Å². The summed E-state index contributed by atoms with van der Waals surface area (Å²) in [4.78, 5) is 2.83. The van der Waals surface area contributed by atoms with Crippen LogP contribution in [0.25, 0.3) is 0 Å². The zero-order valence-electron chi connectivity index (χ0n) is 13.2. The first-order valence-corrected chi connectivity index (χ1v) is 7.97. The zero-order valence-corrected chi connectivity index (χ0v) is 13.2. The Hall–Kier alpha value is -0.120. The Kier molecular flexibility index (Phi) is 5.27. The van der Waals surface area contributed by atoms with E-state index < -0.39 is 0 Å². The van der Waals surface area contributed by atoms with Crippen molar-refractivity contribution in [1.29, 1.82) is 0 Å². The molecule has 2 unspecified atom stereocenters. The van der Waals surface area contributed by atoms with Gasteiger partial charge in [-0.15, -0.1) is 0 Å². The molecule has 2 rings (SSSR count). The maximum absolute atomic E-state index is 5.27. The van der Waals surface area contributed by atoms with Crippen molar-refractivity contribution in [3.8, 4) is 0 Å². The van der Waals surface area contributed by atoms with Crippen LogP contribution in [0.15, 0.2) is 0 Å². The molecular weight excluding hydrogens is 236 g/mol. The monoisotopic (exact) mass is 268 g/mol. The Morgan fingerprint density at radius 3 is 2.37 bits per heavy atom. The van der Waals surface area contributed by atoms with E-state index in [0.29, 0.717) is 5.41 Å². The van der Waals surface area contributed by atoms with Gasteiger partial charge in [0, 0.05) is 38.4 Å². The molecule has 19 heavy (non-hydrogen) atoms. The fourth-order valence-corrected chi connectivity index (χ4v) is 3.92. The smallest absolute Gasteiger partial charge is 0.0467 e. The highest BCUT2D eigenvalue weighted by Gasteiger charge is 2.39. The van der Waals surface area contributed by atoms with Crippen molar-refractivity contribution >= 4 is 0 Å². The van der Waals surface area contributed by atoms with Crippen LogP contribution in [0.1, 0.15) is 52.4 Å². The topological polar surface area (TPSA) is 24.5 Å². The molecule has 0 aliphatic carbocycles. The molecule has 0 aromatic carbocycles. The lowest BCUT2D eigenvalue weighted by atomic mass is 9.79. The summed E-state index contributed by atoms with van der Waals surface area (Å²) >= 11 is 0. The zero-order chi connectivity index (χ0) is 13.9. The molecule has 2 saturated heterocycles. The number of nitrogens with zero attached hydrogens (tertiary/aromatic N) is 1. The van der Waals surface area contributed by atoms with E-state index in [-0.39, 0.29) is 0 Å². The van der Waals surface area contributed by atoms with E-state index in [2.05, 4.69) is 31.1 Å². The van der Waals surface area contributed by atoms with Gasteiger partial charge < -0.3 is 10.1 Å². The van der Waals surface area contributed by atoms with E-state index in [9.17, 15) is 0 Å². The van der Waals surface area contributed by atoms with E-state index in [1.54, 1.807) is 0 Å². The van der Waals surface area contributed by atoms with E-state index in [1.165, 1.54) is 38.6 Å². The summed E-state index contributed by atoms with van der Waals surface area (Å²) in [5.74, 6) is 0. The van der Waals surface area contributed by atoms with Crippen LogP contribution in [-0.2, 0) is 4.74 Å². The first-order chi connectivity index (χ1) is 9.05. The minimum absolute atomic E-state index is 0.371. The molecule has 3 nitrogen and oxygen atoms in total. The molecule has 0 aromatic rings. The van der Waals surface area contributed by atoms with Crippen LogP contribution >= 0.6 is 0 Å². The SMILES string of the molecule is CNC1CC2CCCC(C1)N2CC(C)(C)CCOC. The van der Waals surface area contributed by atoms with Crippen LogP contribution in [0.4, 0.5) is 0 Å². The summed E-state index contributed by atoms with van der Waals surface area (Å²) in [7, 11) is 3.93. The van der Waals surface area contributed by atoms with Crippen LogP contribution in [0.2, 0.25) is 0 Å². The van der Waals surface area contributed by atoms with Gasteiger partial charge in [0.15, 0.2) is 0 Å². The fraction of sp³-hybridized carbons (Fsp3) is 1.00. The van der Waals surface area contributed by atoms with Gasteiger partial charge in [-0.05, 0) is 44.6 Å². The molecule has 0 radical (unpaired) electrons. The van der Waals surface area contributed by atoms with Gasteiger partial charge in [-0.2, -0.15) is 0 Å². The minimum atomic E-state index is 0.371. The molecule has 0 saturated carbocycles. The van der Waals surface area contributed by atoms with Crippen molar-refractivity contribution in [1.82, 2.24) is 10.2 Å². The molecule has 0 amide bonds. The summed E-state index contributed by atoms with van der Waals surface area (Å²) in [6.07, 6.45) is 8.07. The van der Waals surface area contributed by atoms with Crippen LogP contribution in [-0.4, -0.2) is 50.3 Å². The largest absolute Gasteiger partial charge is 0.385 e. The Morgan fingerprint density at radius 1 is 1.21 bits per heavy atom. The average molecular weight is 268 g/mol. The van der Waals surface area contributed by atoms with Gasteiger partial charge in [0.1, 0.15) is 0 Å². The summed E-state index contributed by atoms with van der Waals surface area (Å²) in [5, 5.41) is 3.50. The molecule has 0 spiro atoms. The third-order valence-corrected chi connectivity index (χ3v) is 5.13. The number of nitrogens with one attached hydrogen (secondary N) is 1. The Morgan fingerprint density at radius 2 is 1.84 bits per heavy atom. The second-order valence-electron chi connectivity index (χ2n) is 7.27. The van der Waals surface area contributed by atoms with Gasteiger partial charge in [-0.25, -0.2) is 0 Å². The van der Waals surface area contributed by atoms with Crippen molar-refractivity contribution < 1.29 is 4.74 Å². The number of piperidine rings is 2. The molecule has 112 valence electrons. The molecule has 3 heteroatoms. The normalized spacial score (nSPS) is 32.5. The first kappa shape index (κ1) is 15.3. The van der Waals surface area contributed by atoms with E-state index in [1.807, 2.05) is 7.11 Å². The van der Waals surface area contributed by atoms with Gasteiger partial charge in [0.25, 0.3) is 0 Å². The lowest BCUT2D eigenvalue weighted by Crippen LogP contribution is -2.57. The van der Waals surface area contributed by atoms with Crippen LogP contribution in [0.5, 0.6) is 0 Å². The first-order valence-electron chi connectivity index (χ1n) is 7.97. The molecule has 1 N–H and O–H groups in total. The number of fused-ring (bicyclic) bond motifs is 2. The van der Waals surface area contributed by atoms with Gasteiger partial charge >= 0.3 is 0 Å². The summed E-state index contributed by atoms with van der Waals surface area (Å²) in [6, 6.07) is 2.37. The number of ether oxygens (including phenoxy) is 1. The van der Waals surface area contributed by atoms with Gasteiger partial charge in [0.05, 0.1) is 0 Å². The second-order valence-corrected chi connectivity index (χ2v) is 7.27. The molecule has 2 aliphatic heterocycles. The van der Waals surface area contributed by atoms with Crippen LogP contribution in [0.3, 0.4) is 0 Å². The van der Waals surface area contributed by atoms with E-state index in [4.69, 9.17) is 4.74 Å². The number of hydrogen-bond acceptors (Lipinski definition) is 3. The summed E-state index contributed by atoms with van der Waals surface area (Å²) in [5.41, 5.74) is 0.371. The molecule has 0 aromatic heterocycles. The van der Waals surface area contributed by atoms with Crippen LogP contribution in [0, 0.1) is 5.41 Å². The minimum Gasteiger partial charge on any atom is -0.385 e. The Bertz CT molecular complexity index is 266. The van der Waals surface area contributed by atoms with Gasteiger partial charge in [0.2, 0.25) is 0 Å². The Balaban J connectivity index is 1.96. The molecular formula is C16H32N2O. The number of methoxy groups -OCH3 is 1. The van der Waals surface area contributed by atoms with Crippen molar-refractivity contribution in [3.63, 3.8) is 0 Å². The highest BCUT2D eigenvalue weighted by Crippen LogP contribution is 2.37. The third-order valence-electron chi connectivity index (χ3n) is 5.13. The van der Waals surface area contributed by atoms with Crippen molar-refractivity contribution in [2.75, 3.05) is 27.3 Å². The van der Waals surface area contributed by atoms with Crippen molar-refractivity contribution in [2.45, 2.75) is 70.5 Å². The predicted octanol–water partition coefficient (Wildman–Crippen LogP) is 2.65. The highest BCUT2D eigenvalue weighted by atomic mass is 16.5. The van der Waals surface area contributed by atoms with E-state index >= 15 is 0 Å². The maximum Gasteiger partial charge on any atom is 0.0467 e. The fourth-order valence-electron chi connectivity index (χ4n) is 3.92. The van der Waals surface area contributed by atoms with Crippen molar-refractivity contribution in [2.24, 2.45) is 5.41 Å². The third kappa shape index (κ3) is 3.93. The number of hydrogen-bond donors (Lipinski definition) is 1. The van der Waals surface area contributed by atoms with Gasteiger partial charge in [-0.3, -0.25) is 4.90 Å². The quantitative estimate of drug-likeness (QED) is 0.801. The summed E-state index contributed by atoms with van der Waals surface area (Å²) in [6.45, 7) is 6.91. The highest BCUT2D eigenvalue weighted by molar-refractivity contribution is 4.96. The second kappa shape index (κ2) is 6.55. The number of rotatable bonds is 6. The lowest BCUT2D eigenvalue weighted by Gasteiger charge is -2.51.